The highest BCUT2D eigenvalue weighted by Crippen LogP contribution is 2.89. The van der Waals surface area contributed by atoms with Gasteiger partial charge in [-0.05, 0) is 109 Å². The fraction of sp³-hybridized carbons (Fsp3) is 1.00. The van der Waals surface area contributed by atoms with Crippen molar-refractivity contribution in [3.8, 4) is 0 Å². The molecule has 8 rings (SSSR count). The van der Waals surface area contributed by atoms with Crippen molar-refractivity contribution in [3.05, 3.63) is 0 Å². The van der Waals surface area contributed by atoms with Gasteiger partial charge in [0, 0.05) is 5.41 Å². The Morgan fingerprint density at radius 2 is 1.09 bits per heavy atom. The van der Waals surface area contributed by atoms with Crippen LogP contribution in [0.15, 0.2) is 0 Å². The summed E-state index contributed by atoms with van der Waals surface area (Å²) in [4.78, 5) is 0. The Morgan fingerprint density at radius 1 is 0.567 bits per heavy atom. The van der Waals surface area contributed by atoms with Crippen LogP contribution in [0.1, 0.15) is 106 Å². The fourth-order valence-corrected chi connectivity index (χ4v) is 16.0. The Morgan fingerprint density at radius 3 is 1.64 bits per heavy atom. The van der Waals surface area contributed by atoms with Gasteiger partial charge in [0.2, 0.25) is 0 Å². The van der Waals surface area contributed by atoms with Crippen molar-refractivity contribution in [1.29, 1.82) is 0 Å². The van der Waals surface area contributed by atoms with Crippen LogP contribution < -0.4 is 0 Å². The zero-order valence-electron chi connectivity index (χ0n) is 40.1. The van der Waals surface area contributed by atoms with Crippen LogP contribution in [0.25, 0.3) is 0 Å². The molecule has 3 heterocycles. The monoisotopic (exact) mass is 963 g/mol. The molecular weight excluding hydrogens is 881 g/mol. The fourth-order valence-electron chi connectivity index (χ4n) is 16.0. The van der Waals surface area contributed by atoms with Gasteiger partial charge in [-0.3, -0.25) is 0 Å². The second kappa shape index (κ2) is 18.9. The molecule has 67 heavy (non-hydrogen) atoms. The molecule has 0 aromatic carbocycles. The predicted octanol–water partition coefficient (Wildman–Crippen LogP) is -1.37. The van der Waals surface area contributed by atoms with Gasteiger partial charge < -0.3 is 94.8 Å². The Hall–Kier alpha value is -0.760. The average molecular weight is 963 g/mol. The molecular formula is C48H82O19. The van der Waals surface area contributed by atoms with Crippen molar-refractivity contribution in [3.63, 3.8) is 0 Å². The van der Waals surface area contributed by atoms with Gasteiger partial charge in [-0.1, -0.05) is 48.5 Å². The molecule has 13 N–H and O–H groups in total. The zero-order valence-corrected chi connectivity index (χ0v) is 40.1. The summed E-state index contributed by atoms with van der Waals surface area (Å²) in [5.41, 5.74) is -1.75. The van der Waals surface area contributed by atoms with Crippen LogP contribution in [-0.4, -0.2) is 203 Å². The first-order valence-electron chi connectivity index (χ1n) is 25.0. The number of ether oxygens (including phenoxy) is 6. The molecule has 5 aliphatic carbocycles. The second-order valence-corrected chi connectivity index (χ2v) is 23.6. The summed E-state index contributed by atoms with van der Waals surface area (Å²) >= 11 is 0. The summed E-state index contributed by atoms with van der Waals surface area (Å²) in [7, 11) is 0. The lowest BCUT2D eigenvalue weighted by Crippen LogP contribution is -2.68. The first-order valence-corrected chi connectivity index (χ1v) is 25.0. The number of aliphatic hydroxyl groups excluding tert-OH is 13. The summed E-state index contributed by atoms with van der Waals surface area (Å²) in [6, 6.07) is 0. The molecule has 27 atom stereocenters. The van der Waals surface area contributed by atoms with E-state index in [1.165, 1.54) is 0 Å². The molecule has 0 amide bonds. The van der Waals surface area contributed by atoms with Crippen molar-refractivity contribution in [1.82, 2.24) is 0 Å². The first kappa shape index (κ1) is 52.6. The highest BCUT2D eigenvalue weighted by atomic mass is 16.8. The summed E-state index contributed by atoms with van der Waals surface area (Å²) in [6.07, 6.45) is -21.1. The van der Waals surface area contributed by atoms with Crippen molar-refractivity contribution in [2.75, 3.05) is 19.8 Å². The standard InChI is InChI=1S/C48H82O19/c1-20(2)22(52)9-8-21(3)31-23(53)14-45(6)28-11-10-27-44(4,5)30(12-13-47(27)19-48(28,47)29(54)15-46(31,45)7)65-43-40(67-42-38(61)36(59)33(56)25(17-50)63-42)39(34(57)26(18-51)64-43)66-41-37(60)35(58)32(55)24(16-49)62-41/h20-43,49-61H,8-19H2,1-7H3/t21-,22+,23+,24-,25-,26-,27-,28-,29-,30+,31+,32-,33-,34-,35+,36+,37-,38-,39+,40-,41+,42+,43+,45+,46-,47-,48+/m1/s1. The molecule has 8 fully saturated rings. The highest BCUT2D eigenvalue weighted by Gasteiger charge is 2.85. The lowest BCUT2D eigenvalue weighted by atomic mass is 9.41. The van der Waals surface area contributed by atoms with E-state index in [0.717, 1.165) is 25.7 Å². The van der Waals surface area contributed by atoms with Gasteiger partial charge in [-0.25, -0.2) is 0 Å². The number of hydrogen-bond acceptors (Lipinski definition) is 19. The van der Waals surface area contributed by atoms with Crippen LogP contribution in [0.2, 0.25) is 0 Å². The van der Waals surface area contributed by atoms with Gasteiger partial charge in [0.05, 0.1) is 44.2 Å². The maximum Gasteiger partial charge on any atom is 0.187 e. The number of aliphatic hydroxyl groups is 13. The summed E-state index contributed by atoms with van der Waals surface area (Å²) in [5.74, 6) is 0.491. The van der Waals surface area contributed by atoms with E-state index in [9.17, 15) is 66.4 Å². The Balaban J connectivity index is 1.06. The quantitative estimate of drug-likeness (QED) is 0.0894. The van der Waals surface area contributed by atoms with E-state index in [-0.39, 0.29) is 51.2 Å². The van der Waals surface area contributed by atoms with E-state index in [1.54, 1.807) is 0 Å². The topological polar surface area (TPSA) is 318 Å². The average Bonchev–Trinajstić information content (AvgIpc) is 3.92. The molecule has 19 heteroatoms. The lowest BCUT2D eigenvalue weighted by molar-refractivity contribution is -0.399. The molecule has 3 saturated heterocycles. The summed E-state index contributed by atoms with van der Waals surface area (Å²) < 4.78 is 37.0. The van der Waals surface area contributed by atoms with E-state index in [1.807, 2.05) is 13.8 Å². The third-order valence-electron chi connectivity index (χ3n) is 19.8. The van der Waals surface area contributed by atoms with Gasteiger partial charge in [-0.15, -0.1) is 0 Å². The smallest absolute Gasteiger partial charge is 0.187 e. The molecule has 8 aliphatic rings. The van der Waals surface area contributed by atoms with Crippen LogP contribution in [-0.2, 0) is 28.4 Å². The minimum absolute atomic E-state index is 0.0275. The van der Waals surface area contributed by atoms with Gasteiger partial charge in [0.1, 0.15) is 73.2 Å². The molecule has 0 bridgehead atoms. The Labute approximate surface area is 393 Å². The van der Waals surface area contributed by atoms with E-state index < -0.39 is 142 Å². The predicted molar refractivity (Wildman–Crippen MR) is 233 cm³/mol. The molecule has 0 aromatic rings. The Bertz CT molecular complexity index is 1710. The van der Waals surface area contributed by atoms with Crippen molar-refractivity contribution >= 4 is 0 Å². The number of hydrogen-bond donors (Lipinski definition) is 13. The van der Waals surface area contributed by atoms with Crippen molar-refractivity contribution in [2.24, 2.45) is 56.7 Å². The molecule has 0 radical (unpaired) electrons. The molecule has 5 saturated carbocycles. The Kier molecular flexibility index (Phi) is 14.9. The molecule has 388 valence electrons. The normalized spacial score (nSPS) is 54.7. The van der Waals surface area contributed by atoms with Crippen LogP contribution >= 0.6 is 0 Å². The van der Waals surface area contributed by atoms with Crippen LogP contribution in [0, 0.1) is 56.7 Å². The molecule has 2 spiro atoms. The molecule has 19 nitrogen and oxygen atoms in total. The van der Waals surface area contributed by atoms with Gasteiger partial charge in [-0.2, -0.15) is 0 Å². The van der Waals surface area contributed by atoms with Crippen LogP contribution in [0.4, 0.5) is 0 Å². The number of fused-ring (bicyclic) bond motifs is 2. The minimum atomic E-state index is -1.91. The zero-order chi connectivity index (χ0) is 49.1. The van der Waals surface area contributed by atoms with Crippen LogP contribution in [0.3, 0.4) is 0 Å². The van der Waals surface area contributed by atoms with E-state index in [0.29, 0.717) is 32.1 Å². The third-order valence-corrected chi connectivity index (χ3v) is 19.8. The maximum atomic E-state index is 12.6. The number of rotatable bonds is 14. The van der Waals surface area contributed by atoms with Gasteiger partial charge >= 0.3 is 0 Å². The van der Waals surface area contributed by atoms with Crippen LogP contribution in [0.5, 0.6) is 0 Å². The SMILES string of the molecule is CC(C)[C@@H](O)CC[C@@H](C)[C@H]1[C@@H](O)C[C@@]2(C)[C@H]3CC[C@@H]4C(C)(C)[C@@H](O[C@@H]5O[C@H](CO)[C@@H](O)[C@H](O[C@@H]6O[C@H](CO)[C@@H](O)[C@H](O)[C@H]6O)[C@H]5O[C@@H]5O[C@H](CO)[C@@H](O)[C@H](O)[C@H]5O)CC[C@@]45C[C@@]35[C@H](O)C[C@]12C. The van der Waals surface area contributed by atoms with Crippen molar-refractivity contribution in [2.45, 2.75) is 223 Å². The first-order chi connectivity index (χ1) is 31.4. The third kappa shape index (κ3) is 8.12. The highest BCUT2D eigenvalue weighted by molar-refractivity contribution is 5.33. The summed E-state index contributed by atoms with van der Waals surface area (Å²) in [6.45, 7) is 12.8. The maximum absolute atomic E-state index is 12.6. The summed E-state index contributed by atoms with van der Waals surface area (Å²) in [5, 5.41) is 142. The van der Waals surface area contributed by atoms with Crippen molar-refractivity contribution < 1.29 is 94.8 Å². The minimum Gasteiger partial charge on any atom is -0.394 e. The molecule has 0 aromatic heterocycles. The van der Waals surface area contributed by atoms with E-state index in [4.69, 9.17) is 28.4 Å². The molecule has 0 unspecified atom stereocenters. The van der Waals surface area contributed by atoms with Gasteiger partial charge in [0.25, 0.3) is 0 Å². The second-order valence-electron chi connectivity index (χ2n) is 23.6. The lowest BCUT2D eigenvalue weighted by Gasteiger charge is -2.64. The van der Waals surface area contributed by atoms with Gasteiger partial charge in [0.15, 0.2) is 18.9 Å². The largest absolute Gasteiger partial charge is 0.394 e. The van der Waals surface area contributed by atoms with E-state index >= 15 is 0 Å². The molecule has 3 aliphatic heterocycles. The van der Waals surface area contributed by atoms with E-state index in [2.05, 4.69) is 34.6 Å².